The van der Waals surface area contributed by atoms with Crippen molar-refractivity contribution in [2.75, 3.05) is 12.4 Å². The van der Waals surface area contributed by atoms with E-state index in [1.807, 2.05) is 6.07 Å². The van der Waals surface area contributed by atoms with Gasteiger partial charge in [0.15, 0.2) is 0 Å². The van der Waals surface area contributed by atoms with Crippen molar-refractivity contribution < 1.29 is 14.6 Å². The Morgan fingerprint density at radius 1 is 1.45 bits per heavy atom. The summed E-state index contributed by atoms with van der Waals surface area (Å²) in [4.78, 5) is 15.8. The number of carbonyl (C=O) groups excluding carboxylic acids is 1. The van der Waals surface area contributed by atoms with Crippen LogP contribution in [-0.4, -0.2) is 23.1 Å². The number of anilines is 1. The van der Waals surface area contributed by atoms with Gasteiger partial charge in [0.05, 0.1) is 24.4 Å². The van der Waals surface area contributed by atoms with Gasteiger partial charge in [0, 0.05) is 6.20 Å². The van der Waals surface area contributed by atoms with Gasteiger partial charge >= 0.3 is 0 Å². The summed E-state index contributed by atoms with van der Waals surface area (Å²) in [5.41, 5.74) is 0.747. The van der Waals surface area contributed by atoms with E-state index < -0.39 is 5.91 Å². The van der Waals surface area contributed by atoms with Crippen LogP contribution in [0.1, 0.15) is 15.9 Å². The Kier molecular flexibility index (Phi) is 3.82. The van der Waals surface area contributed by atoms with Crippen LogP contribution in [0.4, 0.5) is 5.69 Å². The third-order valence-electron chi connectivity index (χ3n) is 2.59. The Labute approximate surface area is 115 Å². The molecule has 2 N–H and O–H groups in total. The van der Waals surface area contributed by atoms with Crippen LogP contribution >= 0.6 is 0 Å². The minimum atomic E-state index is -0.491. The fourth-order valence-corrected chi connectivity index (χ4v) is 1.66. The number of pyridine rings is 1. The summed E-state index contributed by atoms with van der Waals surface area (Å²) in [6.07, 6.45) is 2.54. The maximum atomic E-state index is 12.1. The van der Waals surface area contributed by atoms with E-state index in [0.717, 1.165) is 0 Å². The predicted octanol–water partition coefficient (Wildman–Crippen LogP) is 1.92. The van der Waals surface area contributed by atoms with Crippen molar-refractivity contribution in [2.24, 2.45) is 0 Å². The number of nitrogens with zero attached hydrogens (tertiary/aromatic N) is 2. The molecule has 2 aromatic rings. The summed E-state index contributed by atoms with van der Waals surface area (Å²) in [7, 11) is 1.45. The third-order valence-corrected chi connectivity index (χ3v) is 2.59. The Hall–Kier alpha value is -3.07. The number of nitriles is 1. The second-order valence-corrected chi connectivity index (χ2v) is 3.88. The molecule has 0 fully saturated rings. The number of methoxy groups -OCH3 is 1. The summed E-state index contributed by atoms with van der Waals surface area (Å²) >= 11 is 0. The van der Waals surface area contributed by atoms with Crippen LogP contribution in [0.5, 0.6) is 11.5 Å². The molecule has 0 radical (unpaired) electrons. The Balaban J connectivity index is 2.35. The number of aromatic nitrogens is 1. The predicted molar refractivity (Wildman–Crippen MR) is 71.6 cm³/mol. The average molecular weight is 269 g/mol. The Morgan fingerprint density at radius 3 is 2.90 bits per heavy atom. The van der Waals surface area contributed by atoms with Gasteiger partial charge in [-0.2, -0.15) is 5.26 Å². The molecule has 0 aliphatic carbocycles. The van der Waals surface area contributed by atoms with Gasteiger partial charge in [-0.25, -0.2) is 0 Å². The molecule has 6 heteroatoms. The topological polar surface area (TPSA) is 95.2 Å². The zero-order valence-electron chi connectivity index (χ0n) is 10.6. The summed E-state index contributed by atoms with van der Waals surface area (Å²) < 4.78 is 5.12. The van der Waals surface area contributed by atoms with E-state index in [0.29, 0.717) is 5.75 Å². The Bertz CT molecular complexity index is 692. The zero-order chi connectivity index (χ0) is 14.5. The molecule has 1 aromatic heterocycles. The number of carbonyl (C=O) groups is 1. The molecule has 0 saturated carbocycles. The maximum Gasteiger partial charge on any atom is 0.257 e. The molecule has 0 bridgehead atoms. The van der Waals surface area contributed by atoms with Gasteiger partial charge in [-0.1, -0.05) is 6.07 Å². The van der Waals surface area contributed by atoms with Crippen LogP contribution in [0.3, 0.4) is 0 Å². The lowest BCUT2D eigenvalue weighted by molar-refractivity contribution is 0.102. The first kappa shape index (κ1) is 13.4. The summed E-state index contributed by atoms with van der Waals surface area (Å²) in [5, 5.41) is 21.0. The standard InChI is InChI=1S/C14H11N3O3/c1-20-12-4-2-3-9(6-15)13(12)17-14(19)10-5-11(18)8-16-7-10/h2-5,7-8,18H,1H3,(H,17,19). The molecular weight excluding hydrogens is 258 g/mol. The number of rotatable bonds is 3. The van der Waals surface area contributed by atoms with Crippen molar-refractivity contribution in [3.8, 4) is 17.6 Å². The minimum Gasteiger partial charge on any atom is -0.506 e. The van der Waals surface area contributed by atoms with Gasteiger partial charge in [-0.3, -0.25) is 9.78 Å². The number of hydrogen-bond acceptors (Lipinski definition) is 5. The van der Waals surface area contributed by atoms with Crippen LogP contribution in [-0.2, 0) is 0 Å². The molecule has 1 aromatic carbocycles. The highest BCUT2D eigenvalue weighted by Crippen LogP contribution is 2.28. The highest BCUT2D eigenvalue weighted by molar-refractivity contribution is 6.05. The smallest absolute Gasteiger partial charge is 0.257 e. The molecule has 0 atom stereocenters. The molecule has 0 aliphatic heterocycles. The van der Waals surface area contributed by atoms with E-state index in [2.05, 4.69) is 10.3 Å². The second-order valence-electron chi connectivity index (χ2n) is 3.88. The largest absolute Gasteiger partial charge is 0.506 e. The SMILES string of the molecule is COc1cccc(C#N)c1NC(=O)c1cncc(O)c1. The zero-order valence-corrected chi connectivity index (χ0v) is 10.6. The number of ether oxygens (including phenoxy) is 1. The van der Waals surface area contributed by atoms with E-state index >= 15 is 0 Å². The molecule has 6 nitrogen and oxygen atoms in total. The molecular formula is C14H11N3O3. The first-order valence-corrected chi connectivity index (χ1v) is 5.68. The van der Waals surface area contributed by atoms with E-state index in [1.165, 1.54) is 25.6 Å². The maximum absolute atomic E-state index is 12.1. The lowest BCUT2D eigenvalue weighted by Gasteiger charge is -2.11. The molecule has 0 spiro atoms. The second kappa shape index (κ2) is 5.71. The van der Waals surface area contributed by atoms with Crippen molar-refractivity contribution in [2.45, 2.75) is 0 Å². The first-order chi connectivity index (χ1) is 9.65. The summed E-state index contributed by atoms with van der Waals surface area (Å²) in [6, 6.07) is 8.12. The summed E-state index contributed by atoms with van der Waals surface area (Å²) in [5.74, 6) is -0.224. The fraction of sp³-hybridized carbons (Fsp3) is 0.0714. The fourth-order valence-electron chi connectivity index (χ4n) is 1.66. The van der Waals surface area contributed by atoms with Crippen LogP contribution in [0.2, 0.25) is 0 Å². The van der Waals surface area contributed by atoms with Crippen LogP contribution < -0.4 is 10.1 Å². The lowest BCUT2D eigenvalue weighted by Crippen LogP contribution is -2.14. The van der Waals surface area contributed by atoms with Crippen molar-refractivity contribution >= 4 is 11.6 Å². The van der Waals surface area contributed by atoms with E-state index in [1.54, 1.807) is 18.2 Å². The van der Waals surface area contributed by atoms with E-state index in [4.69, 9.17) is 10.00 Å². The van der Waals surface area contributed by atoms with E-state index in [9.17, 15) is 9.90 Å². The molecule has 20 heavy (non-hydrogen) atoms. The monoisotopic (exact) mass is 269 g/mol. The third kappa shape index (κ3) is 2.67. The van der Waals surface area contributed by atoms with Crippen LogP contribution in [0.25, 0.3) is 0 Å². The van der Waals surface area contributed by atoms with Crippen molar-refractivity contribution in [1.82, 2.24) is 4.98 Å². The van der Waals surface area contributed by atoms with Gasteiger partial charge in [-0.15, -0.1) is 0 Å². The molecule has 100 valence electrons. The van der Waals surface area contributed by atoms with Crippen molar-refractivity contribution in [1.29, 1.82) is 5.26 Å². The quantitative estimate of drug-likeness (QED) is 0.887. The molecule has 1 amide bonds. The number of aromatic hydroxyl groups is 1. The van der Waals surface area contributed by atoms with Crippen molar-refractivity contribution in [3.05, 3.63) is 47.8 Å². The number of benzene rings is 1. The number of nitrogens with one attached hydrogen (secondary N) is 1. The molecule has 2 rings (SSSR count). The normalized spacial score (nSPS) is 9.60. The molecule has 0 unspecified atom stereocenters. The Morgan fingerprint density at radius 2 is 2.25 bits per heavy atom. The van der Waals surface area contributed by atoms with Gasteiger partial charge in [0.2, 0.25) is 0 Å². The number of hydrogen-bond donors (Lipinski definition) is 2. The first-order valence-electron chi connectivity index (χ1n) is 5.68. The molecule has 0 saturated heterocycles. The van der Waals surface area contributed by atoms with E-state index in [-0.39, 0.29) is 22.6 Å². The van der Waals surface area contributed by atoms with Gasteiger partial charge in [0.1, 0.15) is 23.3 Å². The highest BCUT2D eigenvalue weighted by Gasteiger charge is 2.14. The van der Waals surface area contributed by atoms with Crippen LogP contribution in [0, 0.1) is 11.3 Å². The average Bonchev–Trinajstić information content (AvgIpc) is 2.47. The highest BCUT2D eigenvalue weighted by atomic mass is 16.5. The van der Waals surface area contributed by atoms with Gasteiger partial charge < -0.3 is 15.2 Å². The van der Waals surface area contributed by atoms with Gasteiger partial charge in [0.25, 0.3) is 5.91 Å². The minimum absolute atomic E-state index is 0.113. The van der Waals surface area contributed by atoms with Crippen LogP contribution in [0.15, 0.2) is 36.7 Å². The van der Waals surface area contributed by atoms with Crippen molar-refractivity contribution in [3.63, 3.8) is 0 Å². The number of amides is 1. The van der Waals surface area contributed by atoms with Gasteiger partial charge in [-0.05, 0) is 18.2 Å². The number of para-hydroxylation sites is 1. The molecule has 1 heterocycles. The lowest BCUT2D eigenvalue weighted by atomic mass is 10.1. The molecule has 0 aliphatic rings. The summed E-state index contributed by atoms with van der Waals surface area (Å²) in [6.45, 7) is 0.